The van der Waals surface area contributed by atoms with Gasteiger partial charge in [-0.05, 0) is 42.0 Å². The number of benzene rings is 2. The molecule has 0 spiro atoms. The molecule has 0 aliphatic carbocycles. The monoisotopic (exact) mass is 380 g/mol. The van der Waals surface area contributed by atoms with Crippen molar-refractivity contribution in [2.24, 2.45) is 0 Å². The van der Waals surface area contributed by atoms with E-state index in [1.54, 1.807) is 6.07 Å². The van der Waals surface area contributed by atoms with Gasteiger partial charge in [0.15, 0.2) is 0 Å². The first-order chi connectivity index (χ1) is 11.5. The van der Waals surface area contributed by atoms with Crippen molar-refractivity contribution in [1.29, 1.82) is 0 Å². The van der Waals surface area contributed by atoms with Gasteiger partial charge in [-0.3, -0.25) is 0 Å². The van der Waals surface area contributed by atoms with Crippen LogP contribution in [0.5, 0.6) is 5.75 Å². The molecule has 0 aliphatic rings. The molecule has 8 heteroatoms. The third kappa shape index (κ3) is 4.92. The summed E-state index contributed by atoms with van der Waals surface area (Å²) in [6, 6.07) is 5.93. The molecular formula is C17H11ClF6O. The lowest BCUT2D eigenvalue weighted by atomic mass is 10.0. The Hall–Kier alpha value is -2.15. The molecule has 0 saturated carbocycles. The van der Waals surface area contributed by atoms with Crippen molar-refractivity contribution in [2.45, 2.75) is 12.4 Å². The van der Waals surface area contributed by atoms with Crippen molar-refractivity contribution >= 4 is 23.8 Å². The molecule has 2 rings (SSSR count). The highest BCUT2D eigenvalue weighted by molar-refractivity contribution is 6.30. The normalized spacial score (nSPS) is 12.6. The van der Waals surface area contributed by atoms with Gasteiger partial charge in [-0.2, -0.15) is 26.3 Å². The van der Waals surface area contributed by atoms with Gasteiger partial charge in [0.25, 0.3) is 0 Å². The van der Waals surface area contributed by atoms with E-state index < -0.39 is 23.5 Å². The van der Waals surface area contributed by atoms with Gasteiger partial charge in [0.05, 0.1) is 18.2 Å². The van der Waals surface area contributed by atoms with Crippen molar-refractivity contribution in [3.63, 3.8) is 0 Å². The average molecular weight is 381 g/mol. The molecule has 0 radical (unpaired) electrons. The number of alkyl halides is 6. The molecule has 0 N–H and O–H groups in total. The summed E-state index contributed by atoms with van der Waals surface area (Å²) in [5.41, 5.74) is -2.58. The van der Waals surface area contributed by atoms with Crippen LogP contribution in [0.4, 0.5) is 26.3 Å². The molecule has 0 bridgehead atoms. The lowest BCUT2D eigenvalue weighted by Gasteiger charge is -2.13. The van der Waals surface area contributed by atoms with Gasteiger partial charge in [0, 0.05) is 10.6 Å². The van der Waals surface area contributed by atoms with Gasteiger partial charge in [-0.25, -0.2) is 0 Å². The minimum absolute atomic E-state index is 0.0807. The van der Waals surface area contributed by atoms with E-state index in [4.69, 9.17) is 16.3 Å². The summed E-state index contributed by atoms with van der Waals surface area (Å²) >= 11 is 5.84. The Balaban J connectivity index is 2.50. The van der Waals surface area contributed by atoms with Gasteiger partial charge in [0.1, 0.15) is 5.75 Å². The number of rotatable bonds is 3. The zero-order valence-electron chi connectivity index (χ0n) is 12.7. The van der Waals surface area contributed by atoms with E-state index in [0.717, 1.165) is 6.08 Å². The molecule has 1 nitrogen and oxygen atoms in total. The molecule has 0 fully saturated rings. The molecule has 0 unspecified atom stereocenters. The fourth-order valence-electron chi connectivity index (χ4n) is 2.10. The molecule has 2 aromatic carbocycles. The van der Waals surface area contributed by atoms with E-state index in [9.17, 15) is 26.3 Å². The van der Waals surface area contributed by atoms with Crippen molar-refractivity contribution in [3.8, 4) is 5.75 Å². The van der Waals surface area contributed by atoms with E-state index in [0.29, 0.717) is 28.5 Å². The Morgan fingerprint density at radius 2 is 1.40 bits per heavy atom. The predicted octanol–water partition coefficient (Wildman–Crippen LogP) is 6.56. The van der Waals surface area contributed by atoms with Crippen LogP contribution in [0, 0.1) is 0 Å². The first kappa shape index (κ1) is 19.2. The van der Waals surface area contributed by atoms with E-state index in [-0.39, 0.29) is 11.6 Å². The van der Waals surface area contributed by atoms with Crippen LogP contribution in [0.1, 0.15) is 22.3 Å². The summed E-state index contributed by atoms with van der Waals surface area (Å²) < 4.78 is 82.1. The maximum Gasteiger partial charge on any atom is 0.416 e. The van der Waals surface area contributed by atoms with Crippen LogP contribution in [0.15, 0.2) is 36.4 Å². The fourth-order valence-corrected chi connectivity index (χ4v) is 2.28. The van der Waals surface area contributed by atoms with Crippen molar-refractivity contribution in [1.82, 2.24) is 0 Å². The van der Waals surface area contributed by atoms with Gasteiger partial charge in [-0.1, -0.05) is 23.8 Å². The second kappa shape index (κ2) is 7.00. The Morgan fingerprint density at radius 3 is 1.88 bits per heavy atom. The topological polar surface area (TPSA) is 9.23 Å². The highest BCUT2D eigenvalue weighted by Crippen LogP contribution is 2.36. The molecule has 134 valence electrons. The number of methoxy groups -OCH3 is 1. The van der Waals surface area contributed by atoms with Crippen LogP contribution in [0.2, 0.25) is 5.02 Å². The van der Waals surface area contributed by atoms with Crippen molar-refractivity contribution < 1.29 is 31.1 Å². The number of halogens is 7. The van der Waals surface area contributed by atoms with Gasteiger partial charge in [0.2, 0.25) is 0 Å². The minimum Gasteiger partial charge on any atom is -0.496 e. The second-order valence-electron chi connectivity index (χ2n) is 5.06. The van der Waals surface area contributed by atoms with Crippen LogP contribution >= 0.6 is 11.6 Å². The fraction of sp³-hybridized carbons (Fsp3) is 0.176. The van der Waals surface area contributed by atoms with Crippen LogP contribution < -0.4 is 4.74 Å². The average Bonchev–Trinajstić information content (AvgIpc) is 2.51. The van der Waals surface area contributed by atoms with Gasteiger partial charge in [-0.15, -0.1) is 0 Å². The predicted molar refractivity (Wildman–Crippen MR) is 83.4 cm³/mol. The summed E-state index contributed by atoms with van der Waals surface area (Å²) in [6.45, 7) is 0. The van der Waals surface area contributed by atoms with Crippen LogP contribution in [-0.2, 0) is 12.4 Å². The standard InChI is InChI=1S/C17H11ClF6O/c1-25-15-5-4-14(18)8-11(15)3-2-10-6-12(16(19,20)21)9-13(7-10)17(22,23)24/h2-9H,1H3. The lowest BCUT2D eigenvalue weighted by Crippen LogP contribution is -2.11. The Labute approximate surface area is 144 Å². The first-order valence-corrected chi connectivity index (χ1v) is 7.19. The maximum atomic E-state index is 12.8. The van der Waals surface area contributed by atoms with Crippen LogP contribution in [0.25, 0.3) is 12.2 Å². The number of hydrogen-bond acceptors (Lipinski definition) is 1. The lowest BCUT2D eigenvalue weighted by molar-refractivity contribution is -0.143. The quantitative estimate of drug-likeness (QED) is 0.433. The third-order valence-electron chi connectivity index (χ3n) is 3.26. The Bertz CT molecular complexity index is 760. The van der Waals surface area contributed by atoms with E-state index in [1.165, 1.54) is 25.3 Å². The molecule has 2 aromatic rings. The molecule has 0 heterocycles. The molecule has 0 aromatic heterocycles. The summed E-state index contributed by atoms with van der Waals surface area (Å²) in [7, 11) is 1.38. The molecule has 0 aliphatic heterocycles. The summed E-state index contributed by atoms with van der Waals surface area (Å²) in [6.07, 6.45) is -7.31. The molecule has 0 saturated heterocycles. The molecular weight excluding hydrogens is 370 g/mol. The summed E-state index contributed by atoms with van der Waals surface area (Å²) in [4.78, 5) is 0. The largest absolute Gasteiger partial charge is 0.496 e. The molecule has 25 heavy (non-hydrogen) atoms. The Kier molecular flexibility index (Phi) is 5.37. The minimum atomic E-state index is -4.89. The number of ether oxygens (including phenoxy) is 1. The van der Waals surface area contributed by atoms with E-state index in [1.807, 2.05) is 0 Å². The first-order valence-electron chi connectivity index (χ1n) is 6.82. The molecule has 0 amide bonds. The third-order valence-corrected chi connectivity index (χ3v) is 3.49. The smallest absolute Gasteiger partial charge is 0.416 e. The van der Waals surface area contributed by atoms with E-state index >= 15 is 0 Å². The SMILES string of the molecule is COc1ccc(Cl)cc1C=Cc1cc(C(F)(F)F)cc(C(F)(F)F)c1. The maximum absolute atomic E-state index is 12.8. The number of hydrogen-bond donors (Lipinski definition) is 0. The zero-order chi connectivity index (χ0) is 18.8. The summed E-state index contributed by atoms with van der Waals surface area (Å²) in [5.74, 6) is 0.378. The van der Waals surface area contributed by atoms with Gasteiger partial charge >= 0.3 is 12.4 Å². The summed E-state index contributed by atoms with van der Waals surface area (Å²) in [5, 5.41) is 0.348. The van der Waals surface area contributed by atoms with Crippen molar-refractivity contribution in [3.05, 3.63) is 63.7 Å². The van der Waals surface area contributed by atoms with Crippen molar-refractivity contribution in [2.75, 3.05) is 7.11 Å². The van der Waals surface area contributed by atoms with E-state index in [2.05, 4.69) is 0 Å². The van der Waals surface area contributed by atoms with Crippen LogP contribution in [-0.4, -0.2) is 7.11 Å². The highest BCUT2D eigenvalue weighted by atomic mass is 35.5. The van der Waals surface area contributed by atoms with Crippen LogP contribution in [0.3, 0.4) is 0 Å². The van der Waals surface area contributed by atoms with Gasteiger partial charge < -0.3 is 4.74 Å². The molecule has 0 atom stereocenters. The second-order valence-corrected chi connectivity index (χ2v) is 5.50. The highest BCUT2D eigenvalue weighted by Gasteiger charge is 2.36. The zero-order valence-corrected chi connectivity index (χ0v) is 13.4. The Morgan fingerprint density at radius 1 is 0.840 bits per heavy atom.